The van der Waals surface area contributed by atoms with Gasteiger partial charge in [0.05, 0.1) is 24.4 Å². The van der Waals surface area contributed by atoms with Crippen molar-refractivity contribution in [3.05, 3.63) is 11.8 Å². The summed E-state index contributed by atoms with van der Waals surface area (Å²) < 4.78 is 11.6. The van der Waals surface area contributed by atoms with Crippen LogP contribution < -0.4 is 0 Å². The zero-order valence-corrected chi connectivity index (χ0v) is 22.6. The first kappa shape index (κ1) is 28.2. The topological polar surface area (TPSA) is 55.8 Å². The molecule has 182 valence electrons. The molecule has 1 saturated carbocycles. The molecule has 3 atom stereocenters. The molecule has 1 rings (SSSR count). The van der Waals surface area contributed by atoms with Crippen LogP contribution in [0.5, 0.6) is 0 Å². The summed E-state index contributed by atoms with van der Waals surface area (Å²) >= 11 is 0. The van der Waals surface area contributed by atoms with E-state index in [0.717, 1.165) is 18.6 Å². The molecule has 1 aliphatic carbocycles. The number of rotatable bonds is 13. The van der Waals surface area contributed by atoms with Crippen LogP contribution in [0.3, 0.4) is 0 Å². The number of hydrogen-bond donors (Lipinski definition) is 1. The number of ether oxygens (including phenoxy) is 1. The van der Waals surface area contributed by atoms with Crippen LogP contribution in [0.2, 0.25) is 13.1 Å². The van der Waals surface area contributed by atoms with Crippen molar-refractivity contribution in [1.82, 2.24) is 0 Å². The molecule has 0 aromatic carbocycles. The van der Waals surface area contributed by atoms with Gasteiger partial charge in [-0.05, 0) is 69.5 Å². The van der Waals surface area contributed by atoms with E-state index in [4.69, 9.17) is 9.16 Å². The third-order valence-electron chi connectivity index (χ3n) is 6.47. The normalized spacial score (nSPS) is 23.6. The van der Waals surface area contributed by atoms with Crippen LogP contribution in [0.15, 0.2) is 11.8 Å². The molecule has 0 aromatic heterocycles. The quantitative estimate of drug-likeness (QED) is 0.144. The molecule has 0 spiro atoms. The maximum Gasteiger partial charge on any atom is 0.308 e. The van der Waals surface area contributed by atoms with Gasteiger partial charge in [-0.15, -0.1) is 0 Å². The zero-order valence-electron chi connectivity index (χ0n) is 21.5. The van der Waals surface area contributed by atoms with Crippen LogP contribution in [0.1, 0.15) is 105 Å². The Kier molecular flexibility index (Phi) is 12.4. The van der Waals surface area contributed by atoms with Crippen LogP contribution >= 0.6 is 0 Å². The largest absolute Gasteiger partial charge is 0.550 e. The summed E-state index contributed by atoms with van der Waals surface area (Å²) in [6, 6.07) is 0. The number of hydrogen-bond acceptors (Lipinski definition) is 4. The first-order chi connectivity index (χ1) is 14.5. The maximum atomic E-state index is 12.1. The average molecular weight is 455 g/mol. The highest BCUT2D eigenvalue weighted by Crippen LogP contribution is 2.41. The molecular formula is C26H50O4Si. The third kappa shape index (κ3) is 11.0. The highest BCUT2D eigenvalue weighted by atomic mass is 28.3. The molecule has 0 amide bonds. The van der Waals surface area contributed by atoms with E-state index in [1.807, 2.05) is 6.92 Å². The molecule has 5 heteroatoms. The van der Waals surface area contributed by atoms with Gasteiger partial charge in [-0.2, -0.15) is 0 Å². The fraction of sp³-hybridized carbons (Fsp3) is 0.885. The SMILES string of the molecule is CCCCCCCC(/C=C(/O[SiH](C)C)C1CCCC(O)(CC(=O)OCC)C1)C(C)(C)C. The Bertz CT molecular complexity index is 552. The van der Waals surface area contributed by atoms with Crippen molar-refractivity contribution in [3.8, 4) is 0 Å². The lowest BCUT2D eigenvalue weighted by Crippen LogP contribution is -2.39. The van der Waals surface area contributed by atoms with Crippen LogP contribution in [-0.2, 0) is 14.0 Å². The van der Waals surface area contributed by atoms with Gasteiger partial charge in [0.15, 0.2) is 0 Å². The second kappa shape index (κ2) is 13.7. The molecule has 0 saturated heterocycles. The minimum Gasteiger partial charge on any atom is -0.550 e. The molecular weight excluding hydrogens is 404 g/mol. The van der Waals surface area contributed by atoms with E-state index in [2.05, 4.69) is 46.9 Å². The van der Waals surface area contributed by atoms with Gasteiger partial charge < -0.3 is 14.3 Å². The summed E-state index contributed by atoms with van der Waals surface area (Å²) in [5.41, 5.74) is -0.804. The number of allylic oxidation sites excluding steroid dienone is 2. The third-order valence-corrected chi connectivity index (χ3v) is 7.21. The Labute approximate surface area is 193 Å². The van der Waals surface area contributed by atoms with Crippen molar-refractivity contribution < 1.29 is 19.1 Å². The molecule has 1 fully saturated rings. The number of aliphatic hydroxyl groups is 1. The monoisotopic (exact) mass is 454 g/mol. The molecule has 31 heavy (non-hydrogen) atoms. The standard InChI is InChI=1S/C26H50O4Si/c1-8-10-11-12-13-16-22(25(3,4)5)18-23(30-31(6)7)21-15-14-17-26(28,19-21)20-24(27)29-9-2/h18,21-22,28,31H,8-17,19-20H2,1-7H3/b23-18+. The minimum absolute atomic E-state index is 0.0872. The van der Waals surface area contributed by atoms with Gasteiger partial charge in [-0.1, -0.05) is 59.8 Å². The van der Waals surface area contributed by atoms with Crippen molar-refractivity contribution >= 4 is 15.0 Å². The average Bonchev–Trinajstić information content (AvgIpc) is 2.64. The molecule has 1 N–H and O–H groups in total. The van der Waals surface area contributed by atoms with Crippen LogP contribution in [0, 0.1) is 17.3 Å². The molecule has 1 aliphatic rings. The molecule has 0 heterocycles. The van der Waals surface area contributed by atoms with E-state index in [9.17, 15) is 9.90 Å². The summed E-state index contributed by atoms with van der Waals surface area (Å²) in [6.07, 6.45) is 13.3. The van der Waals surface area contributed by atoms with Gasteiger partial charge in [-0.3, -0.25) is 4.79 Å². The summed E-state index contributed by atoms with van der Waals surface area (Å²) in [5, 5.41) is 11.2. The van der Waals surface area contributed by atoms with Crippen LogP contribution in [0.25, 0.3) is 0 Å². The van der Waals surface area contributed by atoms with Crippen molar-refractivity contribution in [2.24, 2.45) is 17.3 Å². The molecule has 0 bridgehead atoms. The van der Waals surface area contributed by atoms with Crippen molar-refractivity contribution in [2.75, 3.05) is 6.61 Å². The van der Waals surface area contributed by atoms with E-state index >= 15 is 0 Å². The van der Waals surface area contributed by atoms with Crippen molar-refractivity contribution in [1.29, 1.82) is 0 Å². The van der Waals surface area contributed by atoms with Gasteiger partial charge in [-0.25, -0.2) is 0 Å². The van der Waals surface area contributed by atoms with Crippen molar-refractivity contribution in [2.45, 2.75) is 124 Å². The van der Waals surface area contributed by atoms with Gasteiger partial charge in [0.25, 0.3) is 0 Å². The molecule has 0 aromatic rings. The fourth-order valence-corrected chi connectivity index (χ4v) is 5.52. The van der Waals surface area contributed by atoms with E-state index in [0.29, 0.717) is 25.4 Å². The van der Waals surface area contributed by atoms with E-state index in [1.165, 1.54) is 38.5 Å². The number of unbranched alkanes of at least 4 members (excludes halogenated alkanes) is 4. The second-order valence-electron chi connectivity index (χ2n) is 10.9. The maximum absolute atomic E-state index is 12.1. The molecule has 4 nitrogen and oxygen atoms in total. The lowest BCUT2D eigenvalue weighted by Gasteiger charge is -2.38. The smallest absolute Gasteiger partial charge is 0.308 e. The predicted octanol–water partition coefficient (Wildman–Crippen LogP) is 6.77. The van der Waals surface area contributed by atoms with E-state index < -0.39 is 14.6 Å². The van der Waals surface area contributed by atoms with E-state index in [1.54, 1.807) is 0 Å². The lowest BCUT2D eigenvalue weighted by molar-refractivity contribution is -0.150. The van der Waals surface area contributed by atoms with Crippen LogP contribution in [0.4, 0.5) is 0 Å². The Morgan fingerprint density at radius 3 is 2.45 bits per heavy atom. The van der Waals surface area contributed by atoms with Crippen molar-refractivity contribution in [3.63, 3.8) is 0 Å². The Balaban J connectivity index is 2.98. The van der Waals surface area contributed by atoms with Gasteiger partial charge in [0.1, 0.15) is 0 Å². The van der Waals surface area contributed by atoms with Gasteiger partial charge >= 0.3 is 5.97 Å². The Morgan fingerprint density at radius 1 is 1.19 bits per heavy atom. The second-order valence-corrected chi connectivity index (χ2v) is 13.2. The Morgan fingerprint density at radius 2 is 1.87 bits per heavy atom. The first-order valence-electron chi connectivity index (χ1n) is 12.8. The molecule has 3 unspecified atom stereocenters. The van der Waals surface area contributed by atoms with Gasteiger partial charge in [0, 0.05) is 5.92 Å². The van der Waals surface area contributed by atoms with Crippen LogP contribution in [-0.4, -0.2) is 32.3 Å². The summed E-state index contributed by atoms with van der Waals surface area (Å²) in [7, 11) is -1.28. The highest BCUT2D eigenvalue weighted by Gasteiger charge is 2.39. The summed E-state index contributed by atoms with van der Waals surface area (Å²) in [6.45, 7) is 15.8. The number of carbonyl (C=O) groups is 1. The number of esters is 1. The number of carbonyl (C=O) groups excluding carboxylic acids is 1. The molecule has 0 aliphatic heterocycles. The summed E-state index contributed by atoms with van der Waals surface area (Å²) in [4.78, 5) is 12.1. The van der Waals surface area contributed by atoms with E-state index in [-0.39, 0.29) is 23.7 Å². The predicted molar refractivity (Wildman–Crippen MR) is 133 cm³/mol. The summed E-state index contributed by atoms with van der Waals surface area (Å²) in [5.74, 6) is 1.43. The lowest BCUT2D eigenvalue weighted by atomic mass is 9.73. The zero-order chi connectivity index (χ0) is 23.5. The Hall–Kier alpha value is -0.813. The fourth-order valence-electron chi connectivity index (χ4n) is 4.70. The highest BCUT2D eigenvalue weighted by molar-refractivity contribution is 6.48. The molecule has 0 radical (unpaired) electrons. The van der Waals surface area contributed by atoms with Gasteiger partial charge in [0.2, 0.25) is 9.04 Å². The minimum atomic E-state index is -1.28. The first-order valence-corrected chi connectivity index (χ1v) is 15.5.